The SMILES string of the molecule is CC(C)[C@@H]1N[B]OC1(c1ccccc1)c1ccccc1.[B]. The molecule has 2 aromatic carbocycles. The summed E-state index contributed by atoms with van der Waals surface area (Å²) in [7, 11) is 1.74. The van der Waals surface area contributed by atoms with E-state index < -0.39 is 5.60 Å². The van der Waals surface area contributed by atoms with Crippen LogP contribution in [0.15, 0.2) is 60.7 Å². The topological polar surface area (TPSA) is 21.3 Å². The monoisotopic (exact) mass is 275 g/mol. The van der Waals surface area contributed by atoms with Crippen LogP contribution in [0.25, 0.3) is 0 Å². The van der Waals surface area contributed by atoms with E-state index in [1.54, 1.807) is 7.62 Å². The third kappa shape index (κ3) is 2.66. The summed E-state index contributed by atoms with van der Waals surface area (Å²) in [4.78, 5) is 0. The van der Waals surface area contributed by atoms with Crippen LogP contribution in [-0.4, -0.2) is 22.1 Å². The maximum absolute atomic E-state index is 6.15. The van der Waals surface area contributed by atoms with Crippen LogP contribution in [0.1, 0.15) is 25.0 Å². The maximum atomic E-state index is 6.15. The van der Waals surface area contributed by atoms with Crippen LogP contribution in [0, 0.1) is 5.92 Å². The molecule has 0 bridgehead atoms. The van der Waals surface area contributed by atoms with E-state index >= 15 is 0 Å². The van der Waals surface area contributed by atoms with Gasteiger partial charge in [0.05, 0.1) is 0 Å². The lowest BCUT2D eigenvalue weighted by molar-refractivity contribution is 0.0991. The molecule has 1 heterocycles. The molecule has 0 unspecified atom stereocenters. The number of benzene rings is 2. The Morgan fingerprint density at radius 3 is 1.86 bits per heavy atom. The number of hydrogen-bond acceptors (Lipinski definition) is 2. The van der Waals surface area contributed by atoms with Crippen molar-refractivity contribution in [2.75, 3.05) is 0 Å². The minimum Gasteiger partial charge on any atom is -0.409 e. The van der Waals surface area contributed by atoms with Gasteiger partial charge in [-0.3, -0.25) is 0 Å². The summed E-state index contributed by atoms with van der Waals surface area (Å²) in [6.07, 6.45) is 0. The van der Waals surface area contributed by atoms with Crippen LogP contribution in [0.3, 0.4) is 0 Å². The first-order valence-corrected chi connectivity index (χ1v) is 7.12. The summed E-state index contributed by atoms with van der Waals surface area (Å²) >= 11 is 0. The van der Waals surface area contributed by atoms with Gasteiger partial charge in [-0.2, -0.15) is 0 Å². The van der Waals surface area contributed by atoms with Crippen molar-refractivity contribution in [3.63, 3.8) is 0 Å². The molecule has 0 spiro atoms. The second-order valence-corrected chi connectivity index (χ2v) is 5.59. The summed E-state index contributed by atoms with van der Waals surface area (Å²) in [6.45, 7) is 4.45. The normalized spacial score (nSPS) is 19.9. The van der Waals surface area contributed by atoms with Gasteiger partial charge in [0, 0.05) is 14.5 Å². The van der Waals surface area contributed by atoms with Gasteiger partial charge >= 0.3 is 7.62 Å². The van der Waals surface area contributed by atoms with Crippen molar-refractivity contribution in [3.05, 3.63) is 71.8 Å². The Balaban J connectivity index is 0.00000161. The molecule has 0 aliphatic carbocycles. The maximum Gasteiger partial charge on any atom is 0.397 e. The molecular weight excluding hydrogens is 256 g/mol. The van der Waals surface area contributed by atoms with Gasteiger partial charge in [0.15, 0.2) is 0 Å². The highest BCUT2D eigenvalue weighted by Crippen LogP contribution is 2.41. The van der Waals surface area contributed by atoms with Crippen LogP contribution >= 0.6 is 0 Å². The van der Waals surface area contributed by atoms with Crippen molar-refractivity contribution >= 4 is 16.0 Å². The molecule has 3 rings (SSSR count). The highest BCUT2D eigenvalue weighted by atomic mass is 16.5. The molecule has 4 radical (unpaired) electrons. The molecule has 0 saturated carbocycles. The van der Waals surface area contributed by atoms with Crippen molar-refractivity contribution < 1.29 is 4.65 Å². The highest BCUT2D eigenvalue weighted by molar-refractivity contribution is 6.25. The van der Waals surface area contributed by atoms with E-state index in [1.165, 1.54) is 11.1 Å². The van der Waals surface area contributed by atoms with E-state index in [9.17, 15) is 0 Å². The van der Waals surface area contributed by atoms with Gasteiger partial charge in [-0.1, -0.05) is 74.5 Å². The van der Waals surface area contributed by atoms with E-state index in [1.807, 2.05) is 12.1 Å². The molecule has 104 valence electrons. The van der Waals surface area contributed by atoms with Crippen molar-refractivity contribution in [1.82, 2.24) is 5.23 Å². The van der Waals surface area contributed by atoms with E-state index in [2.05, 4.69) is 67.6 Å². The van der Waals surface area contributed by atoms with Crippen LogP contribution in [0.4, 0.5) is 0 Å². The fraction of sp³-hybridized carbons (Fsp3) is 0.294. The second-order valence-electron chi connectivity index (χ2n) is 5.59. The zero-order valence-electron chi connectivity index (χ0n) is 12.5. The van der Waals surface area contributed by atoms with Gasteiger partial charge in [-0.05, 0) is 17.0 Å². The molecule has 1 N–H and O–H groups in total. The van der Waals surface area contributed by atoms with Crippen molar-refractivity contribution in [1.29, 1.82) is 0 Å². The summed E-state index contributed by atoms with van der Waals surface area (Å²) in [5.74, 6) is 0.453. The molecule has 2 nitrogen and oxygen atoms in total. The smallest absolute Gasteiger partial charge is 0.397 e. The second kappa shape index (κ2) is 6.50. The molecule has 1 saturated heterocycles. The lowest BCUT2D eigenvalue weighted by Gasteiger charge is -2.38. The summed E-state index contributed by atoms with van der Waals surface area (Å²) in [6, 6.07) is 21.1. The first-order valence-electron chi connectivity index (χ1n) is 7.12. The molecule has 21 heavy (non-hydrogen) atoms. The fourth-order valence-corrected chi connectivity index (χ4v) is 3.09. The van der Waals surface area contributed by atoms with Crippen molar-refractivity contribution in [2.24, 2.45) is 5.92 Å². The minimum atomic E-state index is -0.448. The Morgan fingerprint density at radius 2 is 1.43 bits per heavy atom. The predicted octanol–water partition coefficient (Wildman–Crippen LogP) is 2.73. The van der Waals surface area contributed by atoms with Gasteiger partial charge in [0.1, 0.15) is 5.60 Å². The summed E-state index contributed by atoms with van der Waals surface area (Å²) < 4.78 is 6.15. The van der Waals surface area contributed by atoms with Crippen LogP contribution in [0.2, 0.25) is 0 Å². The molecule has 4 heteroatoms. The first-order chi connectivity index (χ1) is 9.75. The molecule has 0 amide bonds. The average Bonchev–Trinajstić information content (AvgIpc) is 2.95. The van der Waals surface area contributed by atoms with Crippen molar-refractivity contribution in [2.45, 2.75) is 25.5 Å². The van der Waals surface area contributed by atoms with Gasteiger partial charge in [0.2, 0.25) is 0 Å². The predicted molar refractivity (Wildman–Crippen MR) is 88.0 cm³/mol. The lowest BCUT2D eigenvalue weighted by atomic mass is 9.76. The fourth-order valence-electron chi connectivity index (χ4n) is 3.09. The molecule has 2 aromatic rings. The minimum absolute atomic E-state index is 0. The Labute approximate surface area is 129 Å². The molecule has 1 fully saturated rings. The van der Waals surface area contributed by atoms with Crippen LogP contribution in [-0.2, 0) is 10.3 Å². The Kier molecular flexibility index (Phi) is 4.92. The number of nitrogens with one attached hydrogen (secondary N) is 1. The summed E-state index contributed by atoms with van der Waals surface area (Å²) in [5, 5.41) is 3.40. The third-order valence-electron chi connectivity index (χ3n) is 4.00. The van der Waals surface area contributed by atoms with Crippen molar-refractivity contribution in [3.8, 4) is 0 Å². The largest absolute Gasteiger partial charge is 0.409 e. The molecule has 1 aliphatic heterocycles. The standard InChI is InChI=1S/C17H19BNO.B/c1-13(2)16-17(20-18-19-16,14-9-5-3-6-10-14)15-11-7-4-8-12-15;/h3-13,16,19H,1-2H3;/t16-;/m0./s1. The molecular formula is C17H19B2NO. The van der Waals surface area contributed by atoms with E-state index in [4.69, 9.17) is 4.65 Å². The Bertz CT molecular complexity index is 520. The van der Waals surface area contributed by atoms with Gasteiger partial charge in [0.25, 0.3) is 0 Å². The van der Waals surface area contributed by atoms with Crippen LogP contribution in [0.5, 0.6) is 0 Å². The van der Waals surface area contributed by atoms with Crippen LogP contribution < -0.4 is 5.23 Å². The highest BCUT2D eigenvalue weighted by Gasteiger charge is 2.48. The van der Waals surface area contributed by atoms with E-state index in [-0.39, 0.29) is 14.5 Å². The quantitative estimate of drug-likeness (QED) is 0.869. The zero-order chi connectivity index (χ0) is 14.0. The summed E-state index contributed by atoms with van der Waals surface area (Å²) in [5.41, 5.74) is 1.92. The molecule has 1 aliphatic rings. The number of hydrogen-bond donors (Lipinski definition) is 1. The molecule has 1 atom stereocenters. The Hall–Kier alpha value is -1.51. The third-order valence-corrected chi connectivity index (χ3v) is 4.00. The number of rotatable bonds is 3. The average molecular weight is 275 g/mol. The van der Waals surface area contributed by atoms with Gasteiger partial charge in [-0.15, -0.1) is 0 Å². The molecule has 0 aromatic heterocycles. The van der Waals surface area contributed by atoms with E-state index in [0.717, 1.165) is 0 Å². The zero-order valence-corrected chi connectivity index (χ0v) is 12.5. The van der Waals surface area contributed by atoms with Gasteiger partial charge < -0.3 is 9.88 Å². The Morgan fingerprint density at radius 1 is 0.952 bits per heavy atom. The van der Waals surface area contributed by atoms with E-state index in [0.29, 0.717) is 5.92 Å². The lowest BCUT2D eigenvalue weighted by Crippen LogP contribution is -2.45. The van der Waals surface area contributed by atoms with Gasteiger partial charge in [-0.25, -0.2) is 0 Å². The first kappa shape index (κ1) is 15.9.